The van der Waals surface area contributed by atoms with Gasteiger partial charge in [0.1, 0.15) is 5.69 Å². The average molecular weight is 315 g/mol. The highest BCUT2D eigenvalue weighted by molar-refractivity contribution is 5.94. The maximum absolute atomic E-state index is 11.9. The zero-order valence-corrected chi connectivity index (χ0v) is 12.3. The number of nitrogens with two attached hydrogens (primary N) is 1. The number of halogens is 1. The summed E-state index contributed by atoms with van der Waals surface area (Å²) in [6.07, 6.45) is 1.95. The Balaban J connectivity index is 0.00000220. The van der Waals surface area contributed by atoms with Crippen molar-refractivity contribution in [2.24, 2.45) is 5.73 Å². The van der Waals surface area contributed by atoms with Gasteiger partial charge in [0.25, 0.3) is 5.69 Å². The predicted octanol–water partition coefficient (Wildman–Crippen LogP) is 1.38. The molecular weight excluding hydrogens is 296 g/mol. The Bertz CT molecular complexity index is 512. The lowest BCUT2D eigenvalue weighted by Crippen LogP contribution is -2.45. The van der Waals surface area contributed by atoms with E-state index >= 15 is 0 Å². The molecule has 1 aliphatic heterocycles. The van der Waals surface area contributed by atoms with E-state index in [-0.39, 0.29) is 42.3 Å². The molecule has 0 saturated carbocycles. The van der Waals surface area contributed by atoms with Gasteiger partial charge < -0.3 is 11.1 Å². The first-order chi connectivity index (χ1) is 9.56. The number of likely N-dealkylation sites (tertiary alicyclic amines) is 1. The Morgan fingerprint density at radius 1 is 1.48 bits per heavy atom. The summed E-state index contributed by atoms with van der Waals surface area (Å²) in [5.41, 5.74) is 5.98. The van der Waals surface area contributed by atoms with Crippen LogP contribution in [-0.4, -0.2) is 41.4 Å². The van der Waals surface area contributed by atoms with E-state index in [1.807, 2.05) is 4.90 Å². The van der Waals surface area contributed by atoms with Crippen LogP contribution in [0.4, 0.5) is 11.4 Å². The van der Waals surface area contributed by atoms with Crippen LogP contribution >= 0.6 is 12.4 Å². The summed E-state index contributed by atoms with van der Waals surface area (Å²) in [6, 6.07) is 6.21. The molecule has 3 N–H and O–H groups in total. The molecule has 0 unspecified atom stereocenters. The molecule has 1 aromatic rings. The minimum absolute atomic E-state index is 0. The Morgan fingerprint density at radius 3 is 2.86 bits per heavy atom. The number of nitro groups is 1. The summed E-state index contributed by atoms with van der Waals surface area (Å²) in [6.45, 7) is 1.72. The second kappa shape index (κ2) is 7.92. The van der Waals surface area contributed by atoms with Crippen LogP contribution in [0.1, 0.15) is 12.8 Å². The fourth-order valence-corrected chi connectivity index (χ4v) is 2.37. The lowest BCUT2D eigenvalue weighted by molar-refractivity contribution is -0.383. The smallest absolute Gasteiger partial charge is 0.292 e. The number of nitrogens with zero attached hydrogens (tertiary/aromatic N) is 2. The molecule has 2 rings (SSSR count). The van der Waals surface area contributed by atoms with Crippen molar-refractivity contribution in [3.05, 3.63) is 34.4 Å². The van der Waals surface area contributed by atoms with Crippen LogP contribution in [0.2, 0.25) is 0 Å². The van der Waals surface area contributed by atoms with Crippen molar-refractivity contribution in [2.75, 3.05) is 25.0 Å². The van der Waals surface area contributed by atoms with Crippen LogP contribution in [0.25, 0.3) is 0 Å². The summed E-state index contributed by atoms with van der Waals surface area (Å²) in [5, 5.41) is 13.5. The van der Waals surface area contributed by atoms with Crippen molar-refractivity contribution in [2.45, 2.75) is 18.9 Å². The highest BCUT2D eigenvalue weighted by Crippen LogP contribution is 2.23. The molecular formula is C13H19ClN4O3. The number of hydrogen-bond acceptors (Lipinski definition) is 5. The molecule has 1 saturated heterocycles. The van der Waals surface area contributed by atoms with E-state index in [9.17, 15) is 14.9 Å². The first-order valence-electron chi connectivity index (χ1n) is 6.57. The lowest BCUT2D eigenvalue weighted by Gasteiger charge is -2.29. The maximum Gasteiger partial charge on any atom is 0.292 e. The van der Waals surface area contributed by atoms with Crippen LogP contribution < -0.4 is 11.1 Å². The topological polar surface area (TPSA) is 102 Å². The third kappa shape index (κ3) is 4.96. The van der Waals surface area contributed by atoms with E-state index in [4.69, 9.17) is 5.73 Å². The van der Waals surface area contributed by atoms with Gasteiger partial charge in [0, 0.05) is 18.7 Å². The number of hydrogen-bond donors (Lipinski definition) is 2. The van der Waals surface area contributed by atoms with Gasteiger partial charge in [0.15, 0.2) is 0 Å². The van der Waals surface area contributed by atoms with E-state index in [1.165, 1.54) is 12.1 Å². The molecule has 8 heteroatoms. The fourth-order valence-electron chi connectivity index (χ4n) is 2.37. The second-order valence-corrected chi connectivity index (χ2v) is 4.96. The van der Waals surface area contributed by atoms with Crippen molar-refractivity contribution < 1.29 is 9.72 Å². The molecule has 0 bridgehead atoms. The van der Waals surface area contributed by atoms with E-state index in [0.29, 0.717) is 6.54 Å². The van der Waals surface area contributed by atoms with Crippen LogP contribution in [-0.2, 0) is 4.79 Å². The van der Waals surface area contributed by atoms with Crippen LogP contribution in [0.5, 0.6) is 0 Å². The minimum atomic E-state index is -0.508. The fraction of sp³-hybridized carbons (Fsp3) is 0.462. The Hall–Kier alpha value is -1.70. The largest absolute Gasteiger partial charge is 0.327 e. The van der Waals surface area contributed by atoms with Gasteiger partial charge in [-0.2, -0.15) is 0 Å². The number of piperidine rings is 1. The van der Waals surface area contributed by atoms with E-state index in [1.54, 1.807) is 12.1 Å². The van der Waals surface area contributed by atoms with Gasteiger partial charge in [0.2, 0.25) is 5.91 Å². The number of nitro benzene ring substituents is 1. The highest BCUT2D eigenvalue weighted by atomic mass is 35.5. The number of benzene rings is 1. The number of para-hydroxylation sites is 2. The summed E-state index contributed by atoms with van der Waals surface area (Å²) >= 11 is 0. The summed E-state index contributed by atoms with van der Waals surface area (Å²) < 4.78 is 0. The molecule has 1 aromatic carbocycles. The quantitative estimate of drug-likeness (QED) is 0.645. The summed E-state index contributed by atoms with van der Waals surface area (Å²) in [7, 11) is 0. The van der Waals surface area contributed by atoms with Gasteiger partial charge >= 0.3 is 0 Å². The van der Waals surface area contributed by atoms with E-state index < -0.39 is 4.92 Å². The molecule has 1 fully saturated rings. The number of nitrogens with one attached hydrogen (secondary N) is 1. The van der Waals surface area contributed by atoms with Gasteiger partial charge in [-0.25, -0.2) is 0 Å². The average Bonchev–Trinajstić information content (AvgIpc) is 2.38. The van der Waals surface area contributed by atoms with Crippen molar-refractivity contribution >= 4 is 29.7 Å². The van der Waals surface area contributed by atoms with Gasteiger partial charge in [-0.3, -0.25) is 19.8 Å². The van der Waals surface area contributed by atoms with E-state index in [0.717, 1.165) is 19.4 Å². The predicted molar refractivity (Wildman–Crippen MR) is 82.6 cm³/mol. The Labute approximate surface area is 129 Å². The third-order valence-corrected chi connectivity index (χ3v) is 3.28. The molecule has 0 aromatic heterocycles. The molecule has 0 spiro atoms. The van der Waals surface area contributed by atoms with Gasteiger partial charge in [-0.15, -0.1) is 12.4 Å². The number of anilines is 1. The van der Waals surface area contributed by atoms with Crippen LogP contribution in [0, 0.1) is 10.1 Å². The molecule has 0 radical (unpaired) electrons. The molecule has 21 heavy (non-hydrogen) atoms. The molecule has 1 aliphatic rings. The highest BCUT2D eigenvalue weighted by Gasteiger charge is 2.20. The number of carbonyl (C=O) groups excluding carboxylic acids is 1. The number of amides is 1. The SMILES string of the molecule is Cl.N[C@@H]1CCCN(CC(=O)Nc2ccccc2[N+](=O)[O-])C1. The van der Waals surface area contributed by atoms with Crippen LogP contribution in [0.15, 0.2) is 24.3 Å². The van der Waals surface area contributed by atoms with Gasteiger partial charge in [-0.05, 0) is 25.5 Å². The number of carbonyl (C=O) groups is 1. The monoisotopic (exact) mass is 314 g/mol. The molecule has 1 heterocycles. The first-order valence-corrected chi connectivity index (χ1v) is 6.57. The molecule has 1 amide bonds. The van der Waals surface area contributed by atoms with Crippen molar-refractivity contribution in [3.8, 4) is 0 Å². The van der Waals surface area contributed by atoms with Crippen LogP contribution in [0.3, 0.4) is 0 Å². The third-order valence-electron chi connectivity index (χ3n) is 3.28. The lowest BCUT2D eigenvalue weighted by atomic mass is 10.1. The van der Waals surface area contributed by atoms with Gasteiger partial charge in [-0.1, -0.05) is 12.1 Å². The normalized spacial score (nSPS) is 18.6. The Kier molecular flexibility index (Phi) is 6.54. The zero-order valence-electron chi connectivity index (χ0n) is 11.5. The number of rotatable bonds is 4. The molecule has 1 atom stereocenters. The molecule has 116 valence electrons. The summed E-state index contributed by atoms with van der Waals surface area (Å²) in [5.74, 6) is -0.256. The maximum atomic E-state index is 11.9. The minimum Gasteiger partial charge on any atom is -0.327 e. The Morgan fingerprint density at radius 2 is 2.19 bits per heavy atom. The van der Waals surface area contributed by atoms with Crippen molar-refractivity contribution in [1.82, 2.24) is 4.90 Å². The first kappa shape index (κ1) is 17.4. The zero-order chi connectivity index (χ0) is 14.5. The standard InChI is InChI=1S/C13H18N4O3.ClH/c14-10-4-3-7-16(8-10)9-13(18)15-11-5-1-2-6-12(11)17(19)20;/h1-2,5-6,10H,3-4,7-9,14H2,(H,15,18);1H/t10-;/m1./s1. The second-order valence-electron chi connectivity index (χ2n) is 4.96. The van der Waals surface area contributed by atoms with E-state index in [2.05, 4.69) is 5.32 Å². The molecule has 0 aliphatic carbocycles. The van der Waals surface area contributed by atoms with Crippen molar-refractivity contribution in [3.63, 3.8) is 0 Å². The van der Waals surface area contributed by atoms with Gasteiger partial charge in [0.05, 0.1) is 11.5 Å². The summed E-state index contributed by atoms with van der Waals surface area (Å²) in [4.78, 5) is 24.3. The van der Waals surface area contributed by atoms with Crippen molar-refractivity contribution in [1.29, 1.82) is 0 Å². The molecule has 7 nitrogen and oxygen atoms in total.